The van der Waals surface area contributed by atoms with Crippen LogP contribution in [0.25, 0.3) is 0 Å². The number of anilines is 1. The Hall–Kier alpha value is -2.38. The summed E-state index contributed by atoms with van der Waals surface area (Å²) in [5.74, 6) is -0.418. The summed E-state index contributed by atoms with van der Waals surface area (Å²) in [5.41, 5.74) is 2.87. The minimum Gasteiger partial charge on any atom is -0.379 e. The van der Waals surface area contributed by atoms with Crippen molar-refractivity contribution in [3.05, 3.63) is 65.0 Å². The van der Waals surface area contributed by atoms with Crippen LogP contribution in [-0.4, -0.2) is 6.61 Å². The summed E-state index contributed by atoms with van der Waals surface area (Å²) >= 11 is 0. The maximum absolute atomic E-state index is 13.9. The maximum Gasteiger partial charge on any atom is 0.147 e. The third-order valence-corrected chi connectivity index (χ3v) is 3.29. The molecule has 2 rings (SSSR count). The fourth-order valence-electron chi connectivity index (χ4n) is 2.12. The molecule has 114 valence electrons. The number of nitrogens with one attached hydrogen (secondary N) is 1. The molecule has 0 aromatic heterocycles. The molecule has 0 radical (unpaired) electrons. The van der Waals surface area contributed by atoms with Crippen LogP contribution < -0.4 is 5.32 Å². The lowest BCUT2D eigenvalue weighted by molar-refractivity contribution is 0.121. The lowest BCUT2D eigenvalue weighted by atomic mass is 10.1. The van der Waals surface area contributed by atoms with Crippen LogP contribution in [0, 0.1) is 17.1 Å². The molecule has 0 bridgehead atoms. The van der Waals surface area contributed by atoms with E-state index in [1.165, 1.54) is 6.07 Å². The van der Waals surface area contributed by atoms with E-state index in [0.29, 0.717) is 24.4 Å². The molecule has 0 saturated carbocycles. The van der Waals surface area contributed by atoms with E-state index in [0.717, 1.165) is 24.2 Å². The van der Waals surface area contributed by atoms with Crippen LogP contribution in [0.5, 0.6) is 0 Å². The Kier molecular flexibility index (Phi) is 5.93. The van der Waals surface area contributed by atoms with Gasteiger partial charge in [-0.1, -0.05) is 31.2 Å². The number of nitriles is 1. The van der Waals surface area contributed by atoms with Crippen LogP contribution in [0.2, 0.25) is 0 Å². The smallest absolute Gasteiger partial charge is 0.147 e. The van der Waals surface area contributed by atoms with Crippen molar-refractivity contribution in [2.75, 3.05) is 11.9 Å². The summed E-state index contributed by atoms with van der Waals surface area (Å²) in [6, 6.07) is 14.3. The highest BCUT2D eigenvalue weighted by molar-refractivity contribution is 5.49. The van der Waals surface area contributed by atoms with Crippen molar-refractivity contribution in [1.82, 2.24) is 0 Å². The Morgan fingerprint density at radius 1 is 1.18 bits per heavy atom. The minimum atomic E-state index is -0.418. The standard InChI is InChI=1S/C18H19FN2O/c1-2-9-22-13-16-6-4-3-5-15(16)12-21-18-8-7-14(11-20)10-17(18)19/h3-8,10,21H,2,9,12-13H2,1H3. The minimum absolute atomic E-state index is 0.316. The molecule has 0 aliphatic carbocycles. The number of hydrogen-bond donors (Lipinski definition) is 1. The Labute approximate surface area is 130 Å². The Bertz CT molecular complexity index is 664. The second-order valence-corrected chi connectivity index (χ2v) is 4.98. The van der Waals surface area contributed by atoms with Crippen molar-refractivity contribution in [2.24, 2.45) is 0 Å². The molecule has 0 aliphatic rings. The maximum atomic E-state index is 13.9. The second kappa shape index (κ2) is 8.16. The molecule has 0 fully saturated rings. The van der Waals surface area contributed by atoms with Gasteiger partial charge in [-0.15, -0.1) is 0 Å². The molecule has 2 aromatic rings. The molecule has 2 aromatic carbocycles. The van der Waals surface area contributed by atoms with Gasteiger partial charge in [-0.05, 0) is 35.7 Å². The largest absolute Gasteiger partial charge is 0.379 e. The number of nitrogens with zero attached hydrogens (tertiary/aromatic N) is 1. The number of ether oxygens (including phenoxy) is 1. The molecule has 4 heteroatoms. The third-order valence-electron chi connectivity index (χ3n) is 3.29. The normalized spacial score (nSPS) is 10.2. The quantitative estimate of drug-likeness (QED) is 0.778. The van der Waals surface area contributed by atoms with Crippen LogP contribution in [-0.2, 0) is 17.9 Å². The zero-order valence-electron chi connectivity index (χ0n) is 12.6. The first-order valence-corrected chi connectivity index (χ1v) is 7.32. The summed E-state index contributed by atoms with van der Waals surface area (Å²) in [6.45, 7) is 3.86. The van der Waals surface area contributed by atoms with Crippen LogP contribution in [0.4, 0.5) is 10.1 Å². The van der Waals surface area contributed by atoms with E-state index in [9.17, 15) is 4.39 Å². The highest BCUT2D eigenvalue weighted by atomic mass is 19.1. The zero-order valence-corrected chi connectivity index (χ0v) is 12.6. The molecule has 0 saturated heterocycles. The SMILES string of the molecule is CCCOCc1ccccc1CNc1ccc(C#N)cc1F. The van der Waals surface area contributed by atoms with E-state index in [1.54, 1.807) is 12.1 Å². The number of rotatable bonds is 7. The van der Waals surface area contributed by atoms with Crippen molar-refractivity contribution in [1.29, 1.82) is 5.26 Å². The van der Waals surface area contributed by atoms with Crippen LogP contribution in [0.3, 0.4) is 0 Å². The average molecular weight is 298 g/mol. The van der Waals surface area contributed by atoms with Gasteiger partial charge in [-0.25, -0.2) is 4.39 Å². The van der Waals surface area contributed by atoms with Gasteiger partial charge >= 0.3 is 0 Å². The van der Waals surface area contributed by atoms with Gasteiger partial charge in [0.2, 0.25) is 0 Å². The number of halogens is 1. The van der Waals surface area contributed by atoms with Gasteiger partial charge in [-0.2, -0.15) is 5.26 Å². The number of hydrogen-bond acceptors (Lipinski definition) is 3. The molecule has 22 heavy (non-hydrogen) atoms. The highest BCUT2D eigenvalue weighted by Crippen LogP contribution is 2.18. The van der Waals surface area contributed by atoms with Crippen molar-refractivity contribution in [3.8, 4) is 6.07 Å². The molecule has 0 amide bonds. The first kappa shape index (κ1) is 16.0. The summed E-state index contributed by atoms with van der Waals surface area (Å²) < 4.78 is 19.4. The third kappa shape index (κ3) is 4.31. The van der Waals surface area contributed by atoms with Gasteiger partial charge in [0.1, 0.15) is 5.82 Å². The van der Waals surface area contributed by atoms with Crippen LogP contribution in [0.15, 0.2) is 42.5 Å². The van der Waals surface area contributed by atoms with Crippen molar-refractivity contribution >= 4 is 5.69 Å². The van der Waals surface area contributed by atoms with E-state index >= 15 is 0 Å². The molecule has 0 aliphatic heterocycles. The molecule has 0 heterocycles. The Morgan fingerprint density at radius 2 is 1.95 bits per heavy atom. The highest BCUT2D eigenvalue weighted by Gasteiger charge is 2.06. The molecular formula is C18H19FN2O. The van der Waals surface area contributed by atoms with Gasteiger partial charge in [0, 0.05) is 13.2 Å². The van der Waals surface area contributed by atoms with Gasteiger partial charge in [0.15, 0.2) is 0 Å². The molecular weight excluding hydrogens is 279 g/mol. The molecule has 1 N–H and O–H groups in total. The Balaban J connectivity index is 2.04. The van der Waals surface area contributed by atoms with E-state index in [2.05, 4.69) is 12.2 Å². The summed E-state index contributed by atoms with van der Waals surface area (Å²) in [7, 11) is 0. The summed E-state index contributed by atoms with van der Waals surface area (Å²) in [6.07, 6.45) is 0.983. The molecule has 0 spiro atoms. The predicted octanol–water partition coefficient (Wildman–Crippen LogP) is 4.24. The lowest BCUT2D eigenvalue weighted by Crippen LogP contribution is -2.06. The van der Waals surface area contributed by atoms with Gasteiger partial charge < -0.3 is 10.1 Å². The van der Waals surface area contributed by atoms with Crippen molar-refractivity contribution < 1.29 is 9.13 Å². The summed E-state index contributed by atoms with van der Waals surface area (Å²) in [5, 5.41) is 11.8. The van der Waals surface area contributed by atoms with E-state index in [1.807, 2.05) is 30.3 Å². The first-order chi connectivity index (χ1) is 10.7. The monoisotopic (exact) mass is 298 g/mol. The molecule has 0 atom stereocenters. The van der Waals surface area contributed by atoms with Crippen molar-refractivity contribution in [3.63, 3.8) is 0 Å². The topological polar surface area (TPSA) is 45.0 Å². The van der Waals surface area contributed by atoms with Gasteiger partial charge in [-0.3, -0.25) is 0 Å². The Morgan fingerprint density at radius 3 is 2.64 bits per heavy atom. The predicted molar refractivity (Wildman–Crippen MR) is 84.8 cm³/mol. The average Bonchev–Trinajstić information content (AvgIpc) is 2.55. The van der Waals surface area contributed by atoms with E-state index in [-0.39, 0.29) is 0 Å². The lowest BCUT2D eigenvalue weighted by Gasteiger charge is -2.12. The van der Waals surface area contributed by atoms with Crippen LogP contribution in [0.1, 0.15) is 30.0 Å². The fourth-order valence-corrected chi connectivity index (χ4v) is 2.12. The van der Waals surface area contributed by atoms with Crippen LogP contribution >= 0.6 is 0 Å². The van der Waals surface area contributed by atoms with Gasteiger partial charge in [0.05, 0.1) is 23.9 Å². The number of benzene rings is 2. The first-order valence-electron chi connectivity index (χ1n) is 7.32. The fraction of sp³-hybridized carbons (Fsp3) is 0.278. The molecule has 3 nitrogen and oxygen atoms in total. The van der Waals surface area contributed by atoms with Crippen molar-refractivity contribution in [2.45, 2.75) is 26.5 Å². The van der Waals surface area contributed by atoms with Gasteiger partial charge in [0.25, 0.3) is 0 Å². The van der Waals surface area contributed by atoms with E-state index < -0.39 is 5.82 Å². The second-order valence-electron chi connectivity index (χ2n) is 4.98. The molecule has 0 unspecified atom stereocenters. The zero-order chi connectivity index (χ0) is 15.8. The van der Waals surface area contributed by atoms with E-state index in [4.69, 9.17) is 10.00 Å². The summed E-state index contributed by atoms with van der Waals surface area (Å²) in [4.78, 5) is 0.